The van der Waals surface area contributed by atoms with Crippen molar-refractivity contribution in [1.29, 1.82) is 0 Å². The minimum atomic E-state index is -0.380. The molecule has 4 N–H and O–H groups in total. The summed E-state index contributed by atoms with van der Waals surface area (Å²) in [5.41, 5.74) is 12.1. The van der Waals surface area contributed by atoms with Crippen LogP contribution in [0.15, 0.2) is 18.2 Å². The second kappa shape index (κ2) is 7.63. The van der Waals surface area contributed by atoms with Crippen LogP contribution >= 0.6 is 0 Å². The van der Waals surface area contributed by atoms with Gasteiger partial charge in [0, 0.05) is 12.1 Å². The Morgan fingerprint density at radius 2 is 2.16 bits per heavy atom. The molecule has 1 aromatic carbocycles. The lowest BCUT2D eigenvalue weighted by Gasteiger charge is -2.15. The van der Waals surface area contributed by atoms with E-state index < -0.39 is 0 Å². The first-order chi connectivity index (χ1) is 9.06. The lowest BCUT2D eigenvalue weighted by Crippen LogP contribution is -2.22. The highest BCUT2D eigenvalue weighted by Gasteiger charge is 2.10. The molecule has 1 rings (SSSR count). The van der Waals surface area contributed by atoms with Gasteiger partial charge in [-0.2, -0.15) is 0 Å². The first kappa shape index (κ1) is 15.3. The van der Waals surface area contributed by atoms with E-state index in [2.05, 4.69) is 0 Å². The van der Waals surface area contributed by atoms with Crippen LogP contribution < -0.4 is 20.9 Å². The standard InChI is InChI=1S/C14H22N2O3/c1-3-11(15)8-10-4-5-12(18-2)9-13(10)19-7-6-14(16)17/h4-5,9,11H,3,6-8,15H2,1-2H3,(H2,16,17). The van der Waals surface area contributed by atoms with Gasteiger partial charge in [-0.15, -0.1) is 0 Å². The molecule has 5 nitrogen and oxygen atoms in total. The maximum atomic E-state index is 10.7. The minimum absolute atomic E-state index is 0.0897. The molecule has 0 fully saturated rings. The molecule has 5 heteroatoms. The largest absolute Gasteiger partial charge is 0.497 e. The molecule has 1 aromatic rings. The van der Waals surface area contributed by atoms with Gasteiger partial charge in [-0.3, -0.25) is 4.79 Å². The van der Waals surface area contributed by atoms with E-state index in [0.29, 0.717) is 11.5 Å². The zero-order chi connectivity index (χ0) is 14.3. The van der Waals surface area contributed by atoms with Crippen molar-refractivity contribution in [3.8, 4) is 11.5 Å². The van der Waals surface area contributed by atoms with Gasteiger partial charge in [0.2, 0.25) is 5.91 Å². The van der Waals surface area contributed by atoms with Crippen LogP contribution in [0.2, 0.25) is 0 Å². The number of ether oxygens (including phenoxy) is 2. The van der Waals surface area contributed by atoms with Gasteiger partial charge in [-0.05, 0) is 24.5 Å². The molecule has 1 unspecified atom stereocenters. The van der Waals surface area contributed by atoms with Crippen molar-refractivity contribution in [2.75, 3.05) is 13.7 Å². The summed E-state index contributed by atoms with van der Waals surface area (Å²) in [6.07, 6.45) is 1.82. The predicted octanol–water partition coefficient (Wildman–Crippen LogP) is 1.23. The molecule has 0 saturated heterocycles. The van der Waals surface area contributed by atoms with Gasteiger partial charge in [-0.1, -0.05) is 13.0 Å². The van der Waals surface area contributed by atoms with Gasteiger partial charge in [0.05, 0.1) is 20.1 Å². The summed E-state index contributed by atoms with van der Waals surface area (Å²) in [5.74, 6) is 1.03. The maximum Gasteiger partial charge on any atom is 0.220 e. The average Bonchev–Trinajstić information content (AvgIpc) is 2.39. The van der Waals surface area contributed by atoms with Crippen molar-refractivity contribution < 1.29 is 14.3 Å². The highest BCUT2D eigenvalue weighted by Crippen LogP contribution is 2.26. The minimum Gasteiger partial charge on any atom is -0.497 e. The fourth-order valence-corrected chi connectivity index (χ4v) is 1.65. The Bertz CT molecular complexity index is 421. The summed E-state index contributed by atoms with van der Waals surface area (Å²) in [6.45, 7) is 2.30. The molecular weight excluding hydrogens is 244 g/mol. The number of hydrogen-bond donors (Lipinski definition) is 2. The van der Waals surface area contributed by atoms with Crippen LogP contribution in [0.4, 0.5) is 0 Å². The molecule has 0 aliphatic heterocycles. The van der Waals surface area contributed by atoms with Crippen molar-refractivity contribution in [3.05, 3.63) is 23.8 Å². The third-order valence-corrected chi connectivity index (χ3v) is 2.89. The number of hydrogen-bond acceptors (Lipinski definition) is 4. The Kier molecular flexibility index (Phi) is 6.15. The zero-order valence-electron chi connectivity index (χ0n) is 11.5. The van der Waals surface area contributed by atoms with Crippen LogP contribution in [0.3, 0.4) is 0 Å². The normalized spacial score (nSPS) is 11.9. The first-order valence-corrected chi connectivity index (χ1v) is 6.40. The number of rotatable bonds is 8. The zero-order valence-corrected chi connectivity index (χ0v) is 11.5. The van der Waals surface area contributed by atoms with Crippen molar-refractivity contribution >= 4 is 5.91 Å². The smallest absolute Gasteiger partial charge is 0.220 e. The van der Waals surface area contributed by atoms with Gasteiger partial charge in [-0.25, -0.2) is 0 Å². The van der Waals surface area contributed by atoms with Crippen LogP contribution in [0, 0.1) is 0 Å². The molecule has 0 aliphatic carbocycles. The maximum absolute atomic E-state index is 10.7. The molecule has 0 heterocycles. The fraction of sp³-hybridized carbons (Fsp3) is 0.500. The molecule has 0 bridgehead atoms. The van der Waals surface area contributed by atoms with E-state index in [4.69, 9.17) is 20.9 Å². The van der Waals surface area contributed by atoms with Gasteiger partial charge in [0.1, 0.15) is 11.5 Å². The molecule has 0 spiro atoms. The number of primary amides is 1. The van der Waals surface area contributed by atoms with Crippen molar-refractivity contribution in [3.63, 3.8) is 0 Å². The van der Waals surface area contributed by atoms with Gasteiger partial charge in [0.25, 0.3) is 0 Å². The van der Waals surface area contributed by atoms with Gasteiger partial charge < -0.3 is 20.9 Å². The van der Waals surface area contributed by atoms with E-state index in [1.54, 1.807) is 13.2 Å². The second-order valence-electron chi connectivity index (χ2n) is 4.41. The van der Waals surface area contributed by atoms with E-state index in [1.165, 1.54) is 0 Å². The number of methoxy groups -OCH3 is 1. The van der Waals surface area contributed by atoms with E-state index in [0.717, 1.165) is 18.4 Å². The fourth-order valence-electron chi connectivity index (χ4n) is 1.65. The molecule has 1 atom stereocenters. The predicted molar refractivity (Wildman–Crippen MR) is 74.3 cm³/mol. The molecule has 0 radical (unpaired) electrons. The summed E-state index contributed by atoms with van der Waals surface area (Å²) in [7, 11) is 1.60. The monoisotopic (exact) mass is 266 g/mol. The van der Waals surface area contributed by atoms with Crippen molar-refractivity contribution in [2.24, 2.45) is 11.5 Å². The lowest BCUT2D eigenvalue weighted by molar-refractivity contribution is -0.118. The van der Waals surface area contributed by atoms with Crippen LogP contribution in [-0.2, 0) is 11.2 Å². The SMILES string of the molecule is CCC(N)Cc1ccc(OC)cc1OCCC(N)=O. The van der Waals surface area contributed by atoms with Crippen molar-refractivity contribution in [2.45, 2.75) is 32.2 Å². The first-order valence-electron chi connectivity index (χ1n) is 6.40. The van der Waals surface area contributed by atoms with E-state index in [1.807, 2.05) is 19.1 Å². The molecule has 19 heavy (non-hydrogen) atoms. The number of carbonyl (C=O) groups is 1. The van der Waals surface area contributed by atoms with E-state index in [9.17, 15) is 4.79 Å². The molecule has 0 saturated carbocycles. The number of benzene rings is 1. The summed E-state index contributed by atoms with van der Waals surface area (Å²) < 4.78 is 10.8. The topological polar surface area (TPSA) is 87.6 Å². The Morgan fingerprint density at radius 3 is 2.74 bits per heavy atom. The number of carbonyl (C=O) groups excluding carboxylic acids is 1. The molecule has 0 aliphatic rings. The Labute approximate surface area is 113 Å². The highest BCUT2D eigenvalue weighted by molar-refractivity contribution is 5.73. The number of amides is 1. The van der Waals surface area contributed by atoms with Crippen LogP contribution in [0.25, 0.3) is 0 Å². The second-order valence-corrected chi connectivity index (χ2v) is 4.41. The van der Waals surface area contributed by atoms with Crippen molar-refractivity contribution in [1.82, 2.24) is 0 Å². The summed E-state index contributed by atoms with van der Waals surface area (Å²) in [4.78, 5) is 10.7. The third kappa shape index (κ3) is 5.18. The number of nitrogens with two attached hydrogens (primary N) is 2. The van der Waals surface area contributed by atoms with Gasteiger partial charge >= 0.3 is 0 Å². The van der Waals surface area contributed by atoms with Gasteiger partial charge in [0.15, 0.2) is 0 Å². The van der Waals surface area contributed by atoms with E-state index in [-0.39, 0.29) is 25.0 Å². The quantitative estimate of drug-likeness (QED) is 0.740. The highest BCUT2D eigenvalue weighted by atomic mass is 16.5. The summed E-state index contributed by atoms with van der Waals surface area (Å²) in [5, 5.41) is 0. The van der Waals surface area contributed by atoms with Crippen LogP contribution in [-0.4, -0.2) is 25.7 Å². The lowest BCUT2D eigenvalue weighted by atomic mass is 10.0. The third-order valence-electron chi connectivity index (χ3n) is 2.89. The van der Waals surface area contributed by atoms with Crippen LogP contribution in [0.1, 0.15) is 25.3 Å². The Hall–Kier alpha value is -1.75. The molecule has 1 amide bonds. The molecule has 0 aromatic heterocycles. The Morgan fingerprint density at radius 1 is 1.42 bits per heavy atom. The summed E-state index contributed by atoms with van der Waals surface area (Å²) >= 11 is 0. The molecular formula is C14H22N2O3. The van der Waals surface area contributed by atoms with Crippen LogP contribution in [0.5, 0.6) is 11.5 Å². The Balaban J connectivity index is 2.79. The average molecular weight is 266 g/mol. The molecule has 106 valence electrons. The van der Waals surface area contributed by atoms with E-state index >= 15 is 0 Å². The summed E-state index contributed by atoms with van der Waals surface area (Å²) in [6, 6.07) is 5.71.